The van der Waals surface area contributed by atoms with Gasteiger partial charge in [0, 0.05) is 4.38 Å². The van der Waals surface area contributed by atoms with Crippen molar-refractivity contribution in [1.29, 1.82) is 0 Å². The minimum Gasteiger partial charge on any atom is -0.509 e. The van der Waals surface area contributed by atoms with Crippen LogP contribution in [0, 0.1) is 0 Å². The first-order chi connectivity index (χ1) is 7.27. The van der Waals surface area contributed by atoms with E-state index in [2.05, 4.69) is 37.8 Å². The van der Waals surface area contributed by atoms with Gasteiger partial charge >= 0.3 is 0 Å². The topological polar surface area (TPSA) is 9.23 Å². The Kier molecular flexibility index (Phi) is 11.8. The number of ether oxygens (including phenoxy) is 1. The van der Waals surface area contributed by atoms with E-state index in [1.165, 1.54) is 38.5 Å². The van der Waals surface area contributed by atoms with E-state index in [4.69, 9.17) is 4.74 Å². The Morgan fingerprint density at radius 3 is 2.47 bits per heavy atom. The first-order valence-corrected chi connectivity index (χ1v) is 6.57. The monoisotopic (exact) mass is 245 g/mol. The number of hydrogen-bond donors (Lipinski definition) is 0. The molecular formula is C12H21OS2-. The van der Waals surface area contributed by atoms with Crippen molar-refractivity contribution in [3.05, 3.63) is 12.2 Å². The number of thiocarbonyl (C=S) groups is 1. The Morgan fingerprint density at radius 2 is 1.80 bits per heavy atom. The van der Waals surface area contributed by atoms with Crippen LogP contribution >= 0.6 is 12.2 Å². The zero-order chi connectivity index (χ0) is 11.4. The maximum Gasteiger partial charge on any atom is 0.104 e. The summed E-state index contributed by atoms with van der Waals surface area (Å²) in [5.74, 6) is 0. The standard InChI is InChI=1S/C12H22OS2/c1-2-3-4-5-6-7-8-9-10-11-13-12(14)15/h9-10H,2-8,11H2,1H3,(H,14,15)/p-1/b10-9+. The van der Waals surface area contributed by atoms with Crippen molar-refractivity contribution in [3.8, 4) is 0 Å². The van der Waals surface area contributed by atoms with E-state index in [0.717, 1.165) is 6.42 Å². The molecule has 15 heavy (non-hydrogen) atoms. The van der Waals surface area contributed by atoms with Gasteiger partial charge in [0.25, 0.3) is 0 Å². The summed E-state index contributed by atoms with van der Waals surface area (Å²) in [7, 11) is 0. The second-order valence-corrected chi connectivity index (χ2v) is 4.59. The molecule has 0 atom stereocenters. The van der Waals surface area contributed by atoms with Gasteiger partial charge in [0.1, 0.15) is 6.61 Å². The van der Waals surface area contributed by atoms with Crippen molar-refractivity contribution < 1.29 is 4.74 Å². The third-order valence-corrected chi connectivity index (χ3v) is 2.42. The predicted molar refractivity (Wildman–Crippen MR) is 73.0 cm³/mol. The Bertz CT molecular complexity index is 178. The number of unbranched alkanes of at least 4 members (excludes halogenated alkanes) is 6. The lowest BCUT2D eigenvalue weighted by Crippen LogP contribution is -1.95. The second-order valence-electron chi connectivity index (χ2n) is 3.59. The zero-order valence-electron chi connectivity index (χ0n) is 9.54. The molecule has 0 aromatic carbocycles. The van der Waals surface area contributed by atoms with Crippen LogP contribution in [-0.4, -0.2) is 11.0 Å². The molecule has 0 rings (SSSR count). The van der Waals surface area contributed by atoms with Gasteiger partial charge in [0.15, 0.2) is 0 Å². The summed E-state index contributed by atoms with van der Waals surface area (Å²) in [5, 5.41) is 0. The van der Waals surface area contributed by atoms with E-state index in [1.54, 1.807) is 0 Å². The van der Waals surface area contributed by atoms with Crippen LogP contribution in [0.3, 0.4) is 0 Å². The average Bonchev–Trinajstić information content (AvgIpc) is 2.20. The molecule has 0 aliphatic heterocycles. The number of rotatable bonds is 9. The molecule has 88 valence electrons. The molecule has 0 unspecified atom stereocenters. The second kappa shape index (κ2) is 11.9. The van der Waals surface area contributed by atoms with Crippen molar-refractivity contribution in [2.24, 2.45) is 0 Å². The fourth-order valence-electron chi connectivity index (χ4n) is 1.34. The Labute approximate surface area is 105 Å². The maximum atomic E-state index is 4.96. The molecule has 0 saturated carbocycles. The summed E-state index contributed by atoms with van der Waals surface area (Å²) < 4.78 is 5.17. The minimum absolute atomic E-state index is 0.208. The Morgan fingerprint density at radius 1 is 1.13 bits per heavy atom. The highest BCUT2D eigenvalue weighted by atomic mass is 32.1. The van der Waals surface area contributed by atoms with E-state index in [0.29, 0.717) is 6.61 Å². The van der Waals surface area contributed by atoms with Crippen LogP contribution in [0.4, 0.5) is 0 Å². The summed E-state index contributed by atoms with van der Waals surface area (Å²) in [6.45, 7) is 2.77. The lowest BCUT2D eigenvalue weighted by molar-refractivity contribution is 0.370. The summed E-state index contributed by atoms with van der Waals surface area (Å²) in [6, 6.07) is 0. The van der Waals surface area contributed by atoms with Crippen LogP contribution in [0.1, 0.15) is 51.9 Å². The van der Waals surface area contributed by atoms with Gasteiger partial charge < -0.3 is 29.6 Å². The van der Waals surface area contributed by atoms with E-state index in [1.807, 2.05) is 6.08 Å². The summed E-state index contributed by atoms with van der Waals surface area (Å²) >= 11 is 9.23. The minimum atomic E-state index is 0.208. The van der Waals surface area contributed by atoms with Crippen molar-refractivity contribution in [2.45, 2.75) is 51.9 Å². The molecule has 1 nitrogen and oxygen atoms in total. The van der Waals surface area contributed by atoms with Crippen LogP contribution in [-0.2, 0) is 17.4 Å². The molecule has 3 heteroatoms. The maximum absolute atomic E-state index is 4.96. The third kappa shape index (κ3) is 13.9. The number of allylic oxidation sites excluding steroid dienone is 1. The fraction of sp³-hybridized carbons (Fsp3) is 0.750. The van der Waals surface area contributed by atoms with Crippen LogP contribution < -0.4 is 0 Å². The molecule has 0 saturated heterocycles. The van der Waals surface area contributed by atoms with E-state index in [-0.39, 0.29) is 4.38 Å². The van der Waals surface area contributed by atoms with Gasteiger partial charge in [-0.15, -0.1) is 0 Å². The largest absolute Gasteiger partial charge is 0.509 e. The smallest absolute Gasteiger partial charge is 0.104 e. The molecule has 0 bridgehead atoms. The van der Waals surface area contributed by atoms with Gasteiger partial charge in [-0.2, -0.15) is 0 Å². The molecule has 0 aliphatic carbocycles. The highest BCUT2D eigenvalue weighted by Gasteiger charge is 1.87. The number of hydrogen-bond acceptors (Lipinski definition) is 3. The van der Waals surface area contributed by atoms with Crippen molar-refractivity contribution in [1.82, 2.24) is 0 Å². The van der Waals surface area contributed by atoms with Gasteiger partial charge in [-0.05, 0) is 12.8 Å². The van der Waals surface area contributed by atoms with Crippen LogP contribution in [0.15, 0.2) is 12.2 Å². The summed E-state index contributed by atoms with van der Waals surface area (Å²) in [4.78, 5) is 0. The molecule has 0 radical (unpaired) electrons. The first-order valence-electron chi connectivity index (χ1n) is 5.76. The molecule has 0 aliphatic rings. The van der Waals surface area contributed by atoms with Crippen molar-refractivity contribution in [2.75, 3.05) is 6.61 Å². The summed E-state index contributed by atoms with van der Waals surface area (Å²) in [6.07, 6.45) is 13.3. The molecule has 0 N–H and O–H groups in total. The zero-order valence-corrected chi connectivity index (χ0v) is 11.2. The van der Waals surface area contributed by atoms with Crippen LogP contribution in [0.25, 0.3) is 0 Å². The van der Waals surface area contributed by atoms with E-state index < -0.39 is 0 Å². The molecule has 0 heterocycles. The highest BCUT2D eigenvalue weighted by Crippen LogP contribution is 2.06. The van der Waals surface area contributed by atoms with Crippen molar-refractivity contribution >= 4 is 29.2 Å². The normalized spacial score (nSPS) is 10.7. The van der Waals surface area contributed by atoms with E-state index in [9.17, 15) is 0 Å². The quantitative estimate of drug-likeness (QED) is 0.261. The Hall–Kier alpha value is -0.150. The lowest BCUT2D eigenvalue weighted by Gasteiger charge is -2.04. The van der Waals surface area contributed by atoms with Gasteiger partial charge in [-0.3, -0.25) is 0 Å². The first kappa shape index (κ1) is 14.8. The molecule has 0 fully saturated rings. The Balaban J connectivity index is 3.06. The molecule has 0 spiro atoms. The average molecular weight is 245 g/mol. The molecule has 0 aromatic heterocycles. The lowest BCUT2D eigenvalue weighted by atomic mass is 10.1. The van der Waals surface area contributed by atoms with Crippen LogP contribution in [0.5, 0.6) is 0 Å². The van der Waals surface area contributed by atoms with E-state index >= 15 is 0 Å². The molecular weight excluding hydrogens is 224 g/mol. The fourth-order valence-corrected chi connectivity index (χ4v) is 1.48. The molecule has 0 aromatic rings. The van der Waals surface area contributed by atoms with Gasteiger partial charge in [-0.25, -0.2) is 0 Å². The van der Waals surface area contributed by atoms with Crippen molar-refractivity contribution in [3.63, 3.8) is 0 Å². The predicted octanol–water partition coefficient (Wildman–Crippen LogP) is 4.14. The van der Waals surface area contributed by atoms with Gasteiger partial charge in [0.05, 0.1) is 0 Å². The SMILES string of the molecule is CCCCCCCC/C=C/COC(=S)[S-]. The molecule has 0 amide bonds. The summed E-state index contributed by atoms with van der Waals surface area (Å²) in [5.41, 5.74) is 0. The third-order valence-electron chi connectivity index (χ3n) is 2.19. The van der Waals surface area contributed by atoms with Gasteiger partial charge in [0.2, 0.25) is 0 Å². The highest BCUT2D eigenvalue weighted by molar-refractivity contribution is 7.99. The van der Waals surface area contributed by atoms with Gasteiger partial charge in [-0.1, -0.05) is 51.2 Å². The van der Waals surface area contributed by atoms with Crippen LogP contribution in [0.2, 0.25) is 0 Å².